The molecule has 0 aliphatic heterocycles. The number of methoxy groups -OCH3 is 1. The van der Waals surface area contributed by atoms with E-state index in [-0.39, 0.29) is 0 Å². The number of allylic oxidation sites excluding steroid dienone is 1. The Bertz CT molecular complexity index is 383. The van der Waals surface area contributed by atoms with Crippen LogP contribution in [0.2, 0.25) is 0 Å². The summed E-state index contributed by atoms with van der Waals surface area (Å²) in [5.41, 5.74) is 1.71. The molecule has 0 heterocycles. The minimum Gasteiger partial charge on any atom is -0.465 e. The second-order valence-corrected chi connectivity index (χ2v) is 3.20. The highest BCUT2D eigenvalue weighted by Crippen LogP contribution is 2.14. The molecule has 0 fully saturated rings. The largest absolute Gasteiger partial charge is 0.465 e. The number of ether oxygens (including phenoxy) is 1. The first-order valence-electron chi connectivity index (χ1n) is 4.59. The van der Waals surface area contributed by atoms with Gasteiger partial charge in [0, 0.05) is 0 Å². The first-order valence-corrected chi connectivity index (χ1v) is 4.59. The third-order valence-electron chi connectivity index (χ3n) is 1.98. The zero-order chi connectivity index (χ0) is 11.3. The Kier molecular flexibility index (Phi) is 4.03. The van der Waals surface area contributed by atoms with E-state index in [1.807, 2.05) is 0 Å². The summed E-state index contributed by atoms with van der Waals surface area (Å²) in [5.74, 6) is -0.409. The number of rotatable bonds is 3. The van der Waals surface area contributed by atoms with E-state index in [9.17, 15) is 9.18 Å². The summed E-state index contributed by atoms with van der Waals surface area (Å²) in [4.78, 5) is 11.4. The van der Waals surface area contributed by atoms with Crippen molar-refractivity contribution < 1.29 is 13.9 Å². The van der Waals surface area contributed by atoms with Crippen molar-refractivity contribution in [1.82, 2.24) is 0 Å². The first-order chi connectivity index (χ1) is 7.19. The van der Waals surface area contributed by atoms with Crippen LogP contribution in [-0.4, -0.2) is 19.8 Å². The van der Waals surface area contributed by atoms with Crippen LogP contribution in [0.3, 0.4) is 0 Å². The highest BCUT2D eigenvalue weighted by molar-refractivity contribution is 5.93. The van der Waals surface area contributed by atoms with Crippen LogP contribution in [0.25, 0.3) is 6.08 Å². The number of carbonyl (C=O) groups excluding carboxylic acids is 1. The van der Waals surface area contributed by atoms with Gasteiger partial charge in [-0.1, -0.05) is 24.3 Å². The van der Waals surface area contributed by atoms with E-state index in [1.165, 1.54) is 7.11 Å². The number of halogens is 1. The molecule has 0 N–H and O–H groups in total. The molecule has 1 rings (SSSR count). The zero-order valence-corrected chi connectivity index (χ0v) is 8.79. The molecule has 0 aliphatic rings. The molecule has 0 bridgehead atoms. The van der Waals surface area contributed by atoms with E-state index in [0.29, 0.717) is 16.7 Å². The van der Waals surface area contributed by atoms with Gasteiger partial charge < -0.3 is 4.74 Å². The molecule has 0 aliphatic carbocycles. The van der Waals surface area contributed by atoms with Crippen LogP contribution in [-0.2, 0) is 4.74 Å². The quantitative estimate of drug-likeness (QED) is 0.714. The Morgan fingerprint density at radius 1 is 1.47 bits per heavy atom. The lowest BCUT2D eigenvalue weighted by molar-refractivity contribution is 0.0600. The molecule has 0 saturated heterocycles. The van der Waals surface area contributed by atoms with Crippen molar-refractivity contribution in [1.29, 1.82) is 0 Å². The number of carbonyl (C=O) groups is 1. The Labute approximate surface area is 88.4 Å². The van der Waals surface area contributed by atoms with Crippen molar-refractivity contribution >= 4 is 12.0 Å². The SMILES string of the molecule is COC(=O)c1ccccc1/C=C(\C)CF. The van der Waals surface area contributed by atoms with Crippen LogP contribution in [0, 0.1) is 0 Å². The normalized spacial score (nSPS) is 11.3. The van der Waals surface area contributed by atoms with Gasteiger partial charge in [0.05, 0.1) is 12.7 Å². The van der Waals surface area contributed by atoms with E-state index >= 15 is 0 Å². The van der Waals surface area contributed by atoms with E-state index in [1.54, 1.807) is 37.3 Å². The predicted octanol–water partition coefficient (Wildman–Crippen LogP) is 2.85. The molecule has 1 aromatic carbocycles. The van der Waals surface area contributed by atoms with Gasteiger partial charge in [-0.05, 0) is 24.1 Å². The molecule has 0 atom stereocenters. The van der Waals surface area contributed by atoms with Crippen LogP contribution in [0.4, 0.5) is 4.39 Å². The third-order valence-corrected chi connectivity index (χ3v) is 1.98. The van der Waals surface area contributed by atoms with Crippen LogP contribution in [0.15, 0.2) is 29.8 Å². The zero-order valence-electron chi connectivity index (χ0n) is 8.79. The first kappa shape index (κ1) is 11.4. The van der Waals surface area contributed by atoms with E-state index in [2.05, 4.69) is 4.74 Å². The summed E-state index contributed by atoms with van der Waals surface area (Å²) in [6.07, 6.45) is 1.65. The van der Waals surface area contributed by atoms with Gasteiger partial charge in [0.15, 0.2) is 0 Å². The third kappa shape index (κ3) is 2.91. The molecular formula is C12H13FO2. The molecule has 0 aromatic heterocycles. The fraction of sp³-hybridized carbons (Fsp3) is 0.250. The minimum atomic E-state index is -0.518. The van der Waals surface area contributed by atoms with E-state index in [0.717, 1.165) is 0 Å². The van der Waals surface area contributed by atoms with Gasteiger partial charge >= 0.3 is 5.97 Å². The van der Waals surface area contributed by atoms with Gasteiger partial charge in [-0.15, -0.1) is 0 Å². The fourth-order valence-electron chi connectivity index (χ4n) is 1.22. The maximum absolute atomic E-state index is 12.3. The lowest BCUT2D eigenvalue weighted by Crippen LogP contribution is -2.03. The number of esters is 1. The highest BCUT2D eigenvalue weighted by Gasteiger charge is 2.08. The van der Waals surface area contributed by atoms with Gasteiger partial charge in [-0.3, -0.25) is 0 Å². The minimum absolute atomic E-state index is 0.409. The average molecular weight is 208 g/mol. The molecule has 2 nitrogen and oxygen atoms in total. The summed E-state index contributed by atoms with van der Waals surface area (Å²) >= 11 is 0. The Hall–Kier alpha value is -1.64. The monoisotopic (exact) mass is 208 g/mol. The van der Waals surface area contributed by atoms with E-state index in [4.69, 9.17) is 0 Å². The Morgan fingerprint density at radius 3 is 2.73 bits per heavy atom. The lowest BCUT2D eigenvalue weighted by atomic mass is 10.1. The Balaban J connectivity index is 3.12. The molecule has 0 radical (unpaired) electrons. The van der Waals surface area contributed by atoms with Gasteiger partial charge in [0.2, 0.25) is 0 Å². The second-order valence-electron chi connectivity index (χ2n) is 3.20. The summed E-state index contributed by atoms with van der Waals surface area (Å²) in [5, 5.41) is 0. The van der Waals surface area contributed by atoms with Crippen molar-refractivity contribution in [2.75, 3.05) is 13.8 Å². The van der Waals surface area contributed by atoms with Crippen molar-refractivity contribution in [3.8, 4) is 0 Å². The van der Waals surface area contributed by atoms with E-state index < -0.39 is 12.6 Å². The number of hydrogen-bond donors (Lipinski definition) is 0. The van der Waals surface area contributed by atoms with Gasteiger partial charge in [0.25, 0.3) is 0 Å². The van der Waals surface area contributed by atoms with Gasteiger partial charge in [-0.25, -0.2) is 9.18 Å². The number of hydrogen-bond acceptors (Lipinski definition) is 2. The standard InChI is InChI=1S/C12H13FO2/c1-9(8-13)7-10-5-3-4-6-11(10)12(14)15-2/h3-7H,8H2,1-2H3/b9-7+. The number of alkyl halides is 1. The highest BCUT2D eigenvalue weighted by atomic mass is 19.1. The molecule has 0 amide bonds. The van der Waals surface area contributed by atoms with Crippen LogP contribution in [0.5, 0.6) is 0 Å². The predicted molar refractivity (Wildman–Crippen MR) is 57.4 cm³/mol. The molecule has 0 saturated carbocycles. The summed E-state index contributed by atoms with van der Waals surface area (Å²) < 4.78 is 16.9. The van der Waals surface area contributed by atoms with Crippen molar-refractivity contribution in [3.63, 3.8) is 0 Å². The van der Waals surface area contributed by atoms with Crippen molar-refractivity contribution in [2.45, 2.75) is 6.92 Å². The van der Waals surface area contributed by atoms with Crippen LogP contribution in [0.1, 0.15) is 22.8 Å². The van der Waals surface area contributed by atoms with Crippen LogP contribution < -0.4 is 0 Å². The van der Waals surface area contributed by atoms with Crippen molar-refractivity contribution in [3.05, 3.63) is 41.0 Å². The lowest BCUT2D eigenvalue weighted by Gasteiger charge is -2.04. The van der Waals surface area contributed by atoms with Gasteiger partial charge in [0.1, 0.15) is 6.67 Å². The summed E-state index contributed by atoms with van der Waals surface area (Å²) in [7, 11) is 1.32. The molecule has 15 heavy (non-hydrogen) atoms. The maximum Gasteiger partial charge on any atom is 0.338 e. The molecule has 1 aromatic rings. The maximum atomic E-state index is 12.3. The molecule has 0 unspecified atom stereocenters. The molecular weight excluding hydrogens is 195 g/mol. The smallest absolute Gasteiger partial charge is 0.338 e. The van der Waals surface area contributed by atoms with Crippen LogP contribution >= 0.6 is 0 Å². The topological polar surface area (TPSA) is 26.3 Å². The second kappa shape index (κ2) is 5.29. The van der Waals surface area contributed by atoms with Crippen molar-refractivity contribution in [2.24, 2.45) is 0 Å². The molecule has 3 heteroatoms. The van der Waals surface area contributed by atoms with Gasteiger partial charge in [-0.2, -0.15) is 0 Å². The fourth-order valence-corrected chi connectivity index (χ4v) is 1.22. The summed E-state index contributed by atoms with van der Waals surface area (Å²) in [6.45, 7) is 1.16. The Morgan fingerprint density at radius 2 is 2.13 bits per heavy atom. The molecule has 0 spiro atoms. The molecule has 80 valence electrons. The summed E-state index contributed by atoms with van der Waals surface area (Å²) in [6, 6.07) is 6.95. The average Bonchev–Trinajstić information content (AvgIpc) is 2.28. The number of benzene rings is 1.